The van der Waals surface area contributed by atoms with Gasteiger partial charge in [-0.25, -0.2) is 4.98 Å². The van der Waals surface area contributed by atoms with Crippen molar-refractivity contribution in [2.75, 3.05) is 18.6 Å². The zero-order valence-corrected chi connectivity index (χ0v) is 12.0. The van der Waals surface area contributed by atoms with Crippen molar-refractivity contribution >= 4 is 11.6 Å². The highest BCUT2D eigenvalue weighted by Gasteiger charge is 2.17. The Morgan fingerprint density at radius 2 is 2.00 bits per heavy atom. The molecule has 0 aliphatic heterocycles. The smallest absolute Gasteiger partial charge is 0.277 e. The van der Waals surface area contributed by atoms with E-state index in [1.165, 1.54) is 4.90 Å². The van der Waals surface area contributed by atoms with E-state index >= 15 is 0 Å². The van der Waals surface area contributed by atoms with Gasteiger partial charge in [-0.3, -0.25) is 4.79 Å². The van der Waals surface area contributed by atoms with Gasteiger partial charge in [0, 0.05) is 18.9 Å². The van der Waals surface area contributed by atoms with Gasteiger partial charge in [-0.2, -0.15) is 0 Å². The molecule has 2 aromatic rings. The number of benzene rings is 1. The van der Waals surface area contributed by atoms with E-state index in [1.54, 1.807) is 25.4 Å². The maximum Gasteiger partial charge on any atom is 0.277 e. The summed E-state index contributed by atoms with van der Waals surface area (Å²) in [7, 11) is 1.70. The molecular weight excluding hydrogens is 264 g/mol. The topological polar surface area (TPSA) is 53.4 Å². The van der Waals surface area contributed by atoms with Gasteiger partial charge in [0.25, 0.3) is 5.91 Å². The fourth-order valence-corrected chi connectivity index (χ4v) is 1.86. The number of hydrogen-bond acceptors (Lipinski definition) is 3. The van der Waals surface area contributed by atoms with E-state index in [4.69, 9.17) is 5.11 Å². The summed E-state index contributed by atoms with van der Waals surface area (Å²) in [6, 6.07) is 11.1. The van der Waals surface area contributed by atoms with Crippen LogP contribution in [0.4, 0.5) is 5.69 Å². The Bertz CT molecular complexity index is 697. The normalized spacial score (nSPS) is 9.67. The van der Waals surface area contributed by atoms with Gasteiger partial charge in [-0.1, -0.05) is 29.5 Å². The molecule has 0 fully saturated rings. The quantitative estimate of drug-likeness (QED) is 0.856. The second-order valence-electron chi connectivity index (χ2n) is 4.56. The molecule has 0 aliphatic rings. The van der Waals surface area contributed by atoms with Gasteiger partial charge in [0.15, 0.2) is 0 Å². The van der Waals surface area contributed by atoms with Crippen LogP contribution in [-0.4, -0.2) is 29.7 Å². The molecule has 1 N–H and O–H groups in total. The number of aromatic nitrogens is 1. The summed E-state index contributed by atoms with van der Waals surface area (Å²) in [5.74, 6) is 5.06. The number of rotatable bonds is 2. The lowest BCUT2D eigenvalue weighted by atomic mass is 10.1. The first-order valence-electron chi connectivity index (χ1n) is 6.53. The van der Waals surface area contributed by atoms with Crippen LogP contribution in [0.25, 0.3) is 0 Å². The van der Waals surface area contributed by atoms with Crippen LogP contribution in [0.15, 0.2) is 42.6 Å². The molecule has 4 nitrogen and oxygen atoms in total. The van der Waals surface area contributed by atoms with Gasteiger partial charge in [-0.15, -0.1) is 0 Å². The zero-order chi connectivity index (χ0) is 15.2. The summed E-state index contributed by atoms with van der Waals surface area (Å²) < 4.78 is 0. The van der Waals surface area contributed by atoms with Crippen LogP contribution < -0.4 is 4.90 Å². The maximum atomic E-state index is 12.5. The van der Waals surface area contributed by atoms with Crippen LogP contribution in [0.1, 0.15) is 21.6 Å². The molecule has 0 atom stereocenters. The molecule has 1 heterocycles. The molecular formula is C17H16N2O2. The van der Waals surface area contributed by atoms with Gasteiger partial charge in [0.05, 0.1) is 5.56 Å². The van der Waals surface area contributed by atoms with Crippen LogP contribution in [0, 0.1) is 18.8 Å². The van der Waals surface area contributed by atoms with E-state index in [2.05, 4.69) is 16.8 Å². The molecule has 0 aliphatic carbocycles. The summed E-state index contributed by atoms with van der Waals surface area (Å²) in [6.07, 6.45) is 1.56. The molecule has 1 amide bonds. The summed E-state index contributed by atoms with van der Waals surface area (Å²) in [4.78, 5) is 18.2. The maximum absolute atomic E-state index is 12.5. The van der Waals surface area contributed by atoms with Crippen LogP contribution in [-0.2, 0) is 0 Å². The van der Waals surface area contributed by atoms with Crippen molar-refractivity contribution in [3.8, 4) is 11.8 Å². The molecule has 2 rings (SSSR count). The van der Waals surface area contributed by atoms with Crippen molar-refractivity contribution in [2.24, 2.45) is 0 Å². The van der Waals surface area contributed by atoms with Gasteiger partial charge < -0.3 is 10.0 Å². The third-order valence-corrected chi connectivity index (χ3v) is 3.04. The van der Waals surface area contributed by atoms with Gasteiger partial charge >= 0.3 is 0 Å². The molecule has 0 saturated carbocycles. The van der Waals surface area contributed by atoms with Crippen molar-refractivity contribution in [3.63, 3.8) is 0 Å². The fourth-order valence-electron chi connectivity index (χ4n) is 1.86. The minimum atomic E-state index is -0.254. The third kappa shape index (κ3) is 3.47. The fraction of sp³-hybridized carbons (Fsp3) is 0.176. The molecule has 106 valence electrons. The zero-order valence-electron chi connectivity index (χ0n) is 12.0. The van der Waals surface area contributed by atoms with Crippen molar-refractivity contribution in [1.29, 1.82) is 0 Å². The van der Waals surface area contributed by atoms with E-state index in [-0.39, 0.29) is 18.2 Å². The SMILES string of the molecule is Cc1ccc(N(C)C(=O)c2ncccc2C#CCO)cc1. The first-order chi connectivity index (χ1) is 10.1. The summed E-state index contributed by atoms with van der Waals surface area (Å²) in [5.41, 5.74) is 2.71. The van der Waals surface area contributed by atoms with Gasteiger partial charge in [0.1, 0.15) is 12.3 Å². The average Bonchev–Trinajstić information content (AvgIpc) is 2.52. The van der Waals surface area contributed by atoms with E-state index in [0.29, 0.717) is 5.56 Å². The molecule has 0 saturated heterocycles. The van der Waals surface area contributed by atoms with Crippen molar-refractivity contribution in [2.45, 2.75) is 6.92 Å². The number of carbonyl (C=O) groups excluding carboxylic acids is 1. The largest absolute Gasteiger partial charge is 0.384 e. The number of anilines is 1. The van der Waals surface area contributed by atoms with E-state index in [9.17, 15) is 4.79 Å². The minimum absolute atomic E-state index is 0.235. The molecule has 21 heavy (non-hydrogen) atoms. The molecule has 0 radical (unpaired) electrons. The number of aliphatic hydroxyl groups excluding tert-OH is 1. The number of pyridine rings is 1. The Labute approximate surface area is 124 Å². The standard InChI is InChI=1S/C17H16N2O2/c1-13-7-9-15(10-8-13)19(2)17(21)16-14(6-4-12-20)5-3-11-18-16/h3,5,7-11,20H,12H2,1-2H3. The van der Waals surface area contributed by atoms with Crippen LogP contribution in [0.3, 0.4) is 0 Å². The number of nitrogens with zero attached hydrogens (tertiary/aromatic N) is 2. The van der Waals surface area contributed by atoms with Crippen molar-refractivity contribution < 1.29 is 9.90 Å². The number of aliphatic hydroxyl groups is 1. The number of aryl methyl sites for hydroxylation is 1. The Morgan fingerprint density at radius 1 is 1.29 bits per heavy atom. The Balaban J connectivity index is 2.33. The lowest BCUT2D eigenvalue weighted by Crippen LogP contribution is -2.27. The Hall–Kier alpha value is -2.64. The lowest BCUT2D eigenvalue weighted by Gasteiger charge is -2.17. The first kappa shape index (κ1) is 14.8. The Kier molecular flexibility index (Phi) is 4.70. The van der Waals surface area contributed by atoms with Crippen LogP contribution >= 0.6 is 0 Å². The lowest BCUT2D eigenvalue weighted by molar-refractivity contribution is 0.0988. The highest BCUT2D eigenvalue weighted by atomic mass is 16.2. The second-order valence-corrected chi connectivity index (χ2v) is 4.56. The first-order valence-corrected chi connectivity index (χ1v) is 6.53. The van der Waals surface area contributed by atoms with Gasteiger partial charge in [0.2, 0.25) is 0 Å². The summed E-state index contributed by atoms with van der Waals surface area (Å²) in [5, 5.41) is 8.78. The summed E-state index contributed by atoms with van der Waals surface area (Å²) in [6.45, 7) is 1.74. The molecule has 1 aromatic carbocycles. The second kappa shape index (κ2) is 6.69. The number of carbonyl (C=O) groups is 1. The predicted molar refractivity (Wildman–Crippen MR) is 82.1 cm³/mol. The molecule has 0 spiro atoms. The monoisotopic (exact) mass is 280 g/mol. The van der Waals surface area contributed by atoms with Crippen molar-refractivity contribution in [3.05, 3.63) is 59.4 Å². The number of amides is 1. The van der Waals surface area contributed by atoms with E-state index in [0.717, 1.165) is 11.3 Å². The van der Waals surface area contributed by atoms with Crippen molar-refractivity contribution in [1.82, 2.24) is 4.98 Å². The third-order valence-electron chi connectivity index (χ3n) is 3.04. The molecule has 1 aromatic heterocycles. The predicted octanol–water partition coefficient (Wildman–Crippen LogP) is 2.01. The summed E-state index contributed by atoms with van der Waals surface area (Å²) >= 11 is 0. The Morgan fingerprint density at radius 3 is 2.67 bits per heavy atom. The molecule has 0 bridgehead atoms. The van der Waals surface area contributed by atoms with Crippen LogP contribution in [0.2, 0.25) is 0 Å². The van der Waals surface area contributed by atoms with E-state index in [1.807, 2.05) is 31.2 Å². The average molecular weight is 280 g/mol. The highest BCUT2D eigenvalue weighted by Crippen LogP contribution is 2.16. The molecule has 0 unspecified atom stereocenters. The minimum Gasteiger partial charge on any atom is -0.384 e. The van der Waals surface area contributed by atoms with Gasteiger partial charge in [-0.05, 0) is 31.2 Å². The highest BCUT2D eigenvalue weighted by molar-refractivity contribution is 6.05. The van der Waals surface area contributed by atoms with Crippen LogP contribution in [0.5, 0.6) is 0 Å². The van der Waals surface area contributed by atoms with E-state index < -0.39 is 0 Å². The molecule has 4 heteroatoms. The number of hydrogen-bond donors (Lipinski definition) is 1.